The van der Waals surface area contributed by atoms with Gasteiger partial charge < -0.3 is 4.90 Å². The van der Waals surface area contributed by atoms with Crippen LogP contribution in [0.2, 0.25) is 0 Å². The van der Waals surface area contributed by atoms with Gasteiger partial charge in [0, 0.05) is 18.8 Å². The Morgan fingerprint density at radius 2 is 1.60 bits per heavy atom. The number of carbonyl (C=O) groups is 2. The number of hydrogen-bond donors (Lipinski definition) is 1. The third-order valence-corrected chi connectivity index (χ3v) is 5.65. The zero-order valence-electron chi connectivity index (χ0n) is 16.4. The molecule has 0 saturated carbocycles. The highest BCUT2D eigenvalue weighted by Gasteiger charge is 2.35. The quantitative estimate of drug-likeness (QED) is 0.460. The molecule has 2 fully saturated rings. The normalized spacial score (nSPS) is 19.1. The van der Waals surface area contributed by atoms with E-state index in [2.05, 4.69) is 10.2 Å². The molecule has 2 saturated heterocycles. The number of benzene rings is 2. The number of hydrogen-bond acceptors (Lipinski definition) is 4. The van der Waals surface area contributed by atoms with Crippen molar-refractivity contribution in [1.29, 1.82) is 0 Å². The Balaban J connectivity index is 1.60. The van der Waals surface area contributed by atoms with Crippen molar-refractivity contribution in [2.45, 2.75) is 25.7 Å². The molecule has 0 bridgehead atoms. The van der Waals surface area contributed by atoms with Crippen LogP contribution in [0.5, 0.6) is 0 Å². The van der Waals surface area contributed by atoms with Gasteiger partial charge in [-0.15, -0.1) is 0 Å². The van der Waals surface area contributed by atoms with Gasteiger partial charge >= 0.3 is 0 Å². The van der Waals surface area contributed by atoms with E-state index in [1.54, 1.807) is 6.07 Å². The summed E-state index contributed by atoms with van der Waals surface area (Å²) in [4.78, 5) is 28.8. The highest BCUT2D eigenvalue weighted by molar-refractivity contribution is 7.80. The van der Waals surface area contributed by atoms with Crippen LogP contribution >= 0.6 is 12.2 Å². The monoisotopic (exact) mass is 423 g/mol. The number of nitrogens with zero attached hydrogens (tertiary/aromatic N) is 2. The van der Waals surface area contributed by atoms with Crippen LogP contribution in [-0.2, 0) is 9.59 Å². The van der Waals surface area contributed by atoms with E-state index in [0.717, 1.165) is 23.7 Å². The molecule has 2 aromatic rings. The van der Waals surface area contributed by atoms with Crippen LogP contribution in [0.15, 0.2) is 54.1 Å². The van der Waals surface area contributed by atoms with Crippen LogP contribution in [0, 0.1) is 5.82 Å². The van der Waals surface area contributed by atoms with Crippen molar-refractivity contribution in [3.05, 3.63) is 65.5 Å². The fourth-order valence-electron chi connectivity index (χ4n) is 3.79. The standard InChI is InChI=1S/C23H22FN3O2S/c24-19-7-3-4-8-20(19)27-22(29)18(21(28)25-23(27)30)15-16-9-11-17(12-10-16)26-13-5-1-2-6-14-26/h3-4,7-12,15H,1-2,5-6,13-14H2,(H,25,28,30)/b18-15-. The van der Waals surface area contributed by atoms with Gasteiger partial charge in [-0.2, -0.15) is 0 Å². The summed E-state index contributed by atoms with van der Waals surface area (Å²) in [7, 11) is 0. The predicted molar refractivity (Wildman–Crippen MR) is 120 cm³/mol. The molecule has 0 radical (unpaired) electrons. The molecule has 0 spiro atoms. The molecule has 2 aromatic carbocycles. The number of amides is 2. The van der Waals surface area contributed by atoms with E-state index < -0.39 is 17.6 Å². The summed E-state index contributed by atoms with van der Waals surface area (Å²) in [5.41, 5.74) is 1.77. The molecule has 2 amide bonds. The lowest BCUT2D eigenvalue weighted by Gasteiger charge is -2.29. The molecular formula is C23H22FN3O2S. The molecule has 0 aliphatic carbocycles. The molecule has 7 heteroatoms. The number of rotatable bonds is 3. The Kier molecular flexibility index (Phi) is 5.90. The fourth-order valence-corrected chi connectivity index (χ4v) is 4.06. The summed E-state index contributed by atoms with van der Waals surface area (Å²) in [5.74, 6) is -1.83. The molecule has 2 aliphatic heterocycles. The third kappa shape index (κ3) is 4.11. The van der Waals surface area contributed by atoms with Crippen molar-refractivity contribution in [3.63, 3.8) is 0 Å². The Bertz CT molecular complexity index is 1010. The van der Waals surface area contributed by atoms with Crippen molar-refractivity contribution in [2.24, 2.45) is 0 Å². The lowest BCUT2D eigenvalue weighted by molar-refractivity contribution is -0.122. The maximum Gasteiger partial charge on any atom is 0.270 e. The largest absolute Gasteiger partial charge is 0.372 e. The zero-order chi connectivity index (χ0) is 21.1. The van der Waals surface area contributed by atoms with Crippen LogP contribution in [0.25, 0.3) is 6.08 Å². The molecule has 0 atom stereocenters. The van der Waals surface area contributed by atoms with E-state index in [9.17, 15) is 14.0 Å². The molecule has 4 rings (SSSR count). The second-order valence-corrected chi connectivity index (χ2v) is 7.79. The first-order chi connectivity index (χ1) is 14.5. The van der Waals surface area contributed by atoms with Gasteiger partial charge in [0.25, 0.3) is 11.8 Å². The number of thiocarbonyl (C=S) groups is 1. The highest BCUT2D eigenvalue weighted by atomic mass is 32.1. The Hall–Kier alpha value is -3.06. The van der Waals surface area contributed by atoms with Crippen LogP contribution in [0.1, 0.15) is 31.2 Å². The molecular weight excluding hydrogens is 401 g/mol. The number of halogens is 1. The number of para-hydroxylation sites is 1. The number of carbonyl (C=O) groups excluding carboxylic acids is 2. The van der Waals surface area contributed by atoms with Crippen molar-refractivity contribution < 1.29 is 14.0 Å². The van der Waals surface area contributed by atoms with Crippen molar-refractivity contribution >= 4 is 46.6 Å². The second kappa shape index (κ2) is 8.75. The Morgan fingerprint density at radius 1 is 0.933 bits per heavy atom. The topological polar surface area (TPSA) is 52.7 Å². The van der Waals surface area contributed by atoms with Gasteiger partial charge in [-0.3, -0.25) is 14.9 Å². The maximum absolute atomic E-state index is 14.2. The lowest BCUT2D eigenvalue weighted by Crippen LogP contribution is -2.54. The van der Waals surface area contributed by atoms with Gasteiger partial charge in [0.15, 0.2) is 5.11 Å². The van der Waals surface area contributed by atoms with Gasteiger partial charge in [-0.1, -0.05) is 37.1 Å². The first-order valence-corrected chi connectivity index (χ1v) is 10.5. The van der Waals surface area contributed by atoms with E-state index in [-0.39, 0.29) is 16.4 Å². The van der Waals surface area contributed by atoms with Gasteiger partial charge in [-0.25, -0.2) is 9.29 Å². The minimum atomic E-state index is -0.648. The summed E-state index contributed by atoms with van der Waals surface area (Å²) >= 11 is 5.11. The summed E-state index contributed by atoms with van der Waals surface area (Å²) in [6, 6.07) is 13.6. The minimum absolute atomic E-state index is 0.00918. The molecule has 2 aliphatic rings. The average Bonchev–Trinajstić information content (AvgIpc) is 3.02. The van der Waals surface area contributed by atoms with Gasteiger partial charge in [0.05, 0.1) is 5.69 Å². The zero-order valence-corrected chi connectivity index (χ0v) is 17.3. The molecule has 2 heterocycles. The SMILES string of the molecule is O=C1NC(=S)N(c2ccccc2F)C(=O)/C1=C\c1ccc(N2CCCCCC2)cc1. The van der Waals surface area contributed by atoms with Crippen LogP contribution in [0.4, 0.5) is 15.8 Å². The molecule has 0 unspecified atom stereocenters. The Labute approximate surface area is 180 Å². The average molecular weight is 424 g/mol. The summed E-state index contributed by atoms with van der Waals surface area (Å²) in [6.07, 6.45) is 6.41. The van der Waals surface area contributed by atoms with Crippen LogP contribution < -0.4 is 15.1 Å². The summed E-state index contributed by atoms with van der Waals surface area (Å²) in [6.45, 7) is 2.08. The lowest BCUT2D eigenvalue weighted by atomic mass is 10.1. The van der Waals surface area contributed by atoms with E-state index in [1.165, 1.54) is 50.0 Å². The van der Waals surface area contributed by atoms with E-state index in [0.29, 0.717) is 5.56 Å². The molecule has 1 N–H and O–H groups in total. The molecule has 5 nitrogen and oxygen atoms in total. The molecule has 154 valence electrons. The van der Waals surface area contributed by atoms with Gasteiger partial charge in [0.1, 0.15) is 11.4 Å². The first kappa shape index (κ1) is 20.2. The van der Waals surface area contributed by atoms with Crippen molar-refractivity contribution in [3.8, 4) is 0 Å². The maximum atomic E-state index is 14.2. The number of nitrogens with one attached hydrogen (secondary N) is 1. The highest BCUT2D eigenvalue weighted by Crippen LogP contribution is 2.25. The number of anilines is 2. The van der Waals surface area contributed by atoms with Crippen molar-refractivity contribution in [1.82, 2.24) is 5.32 Å². The first-order valence-electron chi connectivity index (χ1n) is 10.1. The smallest absolute Gasteiger partial charge is 0.270 e. The third-order valence-electron chi connectivity index (χ3n) is 5.37. The Morgan fingerprint density at radius 3 is 2.27 bits per heavy atom. The summed E-state index contributed by atoms with van der Waals surface area (Å²) in [5, 5.41) is 2.34. The van der Waals surface area contributed by atoms with E-state index >= 15 is 0 Å². The fraction of sp³-hybridized carbons (Fsp3) is 0.261. The predicted octanol–water partition coefficient (Wildman–Crippen LogP) is 4.04. The van der Waals surface area contributed by atoms with Gasteiger partial charge in [0.2, 0.25) is 0 Å². The second-order valence-electron chi connectivity index (χ2n) is 7.40. The minimum Gasteiger partial charge on any atom is -0.372 e. The molecule has 0 aromatic heterocycles. The van der Waals surface area contributed by atoms with Crippen LogP contribution in [-0.4, -0.2) is 30.0 Å². The summed E-state index contributed by atoms with van der Waals surface area (Å²) < 4.78 is 14.2. The van der Waals surface area contributed by atoms with Crippen LogP contribution in [0.3, 0.4) is 0 Å². The van der Waals surface area contributed by atoms with Gasteiger partial charge in [-0.05, 0) is 61.0 Å². The van der Waals surface area contributed by atoms with E-state index in [4.69, 9.17) is 12.2 Å². The van der Waals surface area contributed by atoms with E-state index in [1.807, 2.05) is 24.3 Å². The molecule has 30 heavy (non-hydrogen) atoms. The van der Waals surface area contributed by atoms with Crippen molar-refractivity contribution in [2.75, 3.05) is 22.9 Å².